The van der Waals surface area contributed by atoms with Gasteiger partial charge in [0.15, 0.2) is 0 Å². The third-order valence-corrected chi connectivity index (χ3v) is 3.45. The van der Waals surface area contributed by atoms with Crippen molar-refractivity contribution in [1.82, 2.24) is 0 Å². The first kappa shape index (κ1) is 12.2. The predicted octanol–water partition coefficient (Wildman–Crippen LogP) is 2.80. The molecule has 92 valence electrons. The van der Waals surface area contributed by atoms with E-state index in [1.165, 1.54) is 12.8 Å². The SMILES string of the molecule is CC(CC1CC1)(Nc1ccc(Cl)cc1)C(N)=O. The van der Waals surface area contributed by atoms with Crippen molar-refractivity contribution in [2.24, 2.45) is 11.7 Å². The molecule has 0 aromatic heterocycles. The summed E-state index contributed by atoms with van der Waals surface area (Å²) in [6.07, 6.45) is 3.20. The second-order valence-corrected chi connectivity index (χ2v) is 5.41. The number of carbonyl (C=O) groups excluding carboxylic acids is 1. The Kier molecular flexibility index (Phi) is 3.29. The van der Waals surface area contributed by atoms with Crippen LogP contribution in [-0.4, -0.2) is 11.4 Å². The van der Waals surface area contributed by atoms with Crippen LogP contribution in [0.4, 0.5) is 5.69 Å². The molecule has 4 heteroatoms. The van der Waals surface area contributed by atoms with E-state index >= 15 is 0 Å². The molecular formula is C13H17ClN2O. The van der Waals surface area contributed by atoms with E-state index in [0.29, 0.717) is 10.9 Å². The molecule has 1 saturated carbocycles. The zero-order chi connectivity index (χ0) is 12.5. The second-order valence-electron chi connectivity index (χ2n) is 4.98. The Morgan fingerprint density at radius 1 is 1.47 bits per heavy atom. The number of halogens is 1. The van der Waals surface area contributed by atoms with Gasteiger partial charge in [0, 0.05) is 10.7 Å². The van der Waals surface area contributed by atoms with Crippen molar-refractivity contribution in [3.05, 3.63) is 29.3 Å². The molecule has 0 aliphatic heterocycles. The van der Waals surface area contributed by atoms with Gasteiger partial charge < -0.3 is 11.1 Å². The van der Waals surface area contributed by atoms with E-state index in [-0.39, 0.29) is 5.91 Å². The molecule has 0 spiro atoms. The Labute approximate surface area is 106 Å². The molecule has 3 N–H and O–H groups in total. The quantitative estimate of drug-likeness (QED) is 0.847. The highest BCUT2D eigenvalue weighted by atomic mass is 35.5. The Morgan fingerprint density at radius 2 is 2.06 bits per heavy atom. The minimum Gasteiger partial charge on any atom is -0.371 e. The number of primary amides is 1. The molecule has 3 nitrogen and oxygen atoms in total. The largest absolute Gasteiger partial charge is 0.371 e. The number of benzene rings is 1. The van der Waals surface area contributed by atoms with E-state index in [0.717, 1.165) is 12.1 Å². The molecule has 1 aliphatic rings. The van der Waals surface area contributed by atoms with E-state index in [1.807, 2.05) is 19.1 Å². The molecule has 17 heavy (non-hydrogen) atoms. The van der Waals surface area contributed by atoms with Gasteiger partial charge in [-0.1, -0.05) is 24.4 Å². The Bertz CT molecular complexity index is 414. The maximum atomic E-state index is 11.6. The lowest BCUT2D eigenvalue weighted by molar-refractivity contribution is -0.122. The number of nitrogens with one attached hydrogen (secondary N) is 1. The van der Waals surface area contributed by atoms with Crippen molar-refractivity contribution in [2.75, 3.05) is 5.32 Å². The number of hydrogen-bond donors (Lipinski definition) is 2. The molecule has 2 rings (SSSR count). The van der Waals surface area contributed by atoms with Gasteiger partial charge in [0.05, 0.1) is 0 Å². The number of hydrogen-bond acceptors (Lipinski definition) is 2. The maximum Gasteiger partial charge on any atom is 0.242 e. The van der Waals surface area contributed by atoms with Crippen molar-refractivity contribution >= 4 is 23.2 Å². The normalized spacial score (nSPS) is 18.5. The molecule has 0 bridgehead atoms. The minimum atomic E-state index is -0.672. The van der Waals surface area contributed by atoms with Gasteiger partial charge in [0.2, 0.25) is 5.91 Å². The summed E-state index contributed by atoms with van der Waals surface area (Å²) in [5.41, 5.74) is 5.70. The third-order valence-electron chi connectivity index (χ3n) is 3.20. The molecule has 1 aromatic carbocycles. The standard InChI is InChI=1S/C13H17ClN2O/c1-13(12(15)17,8-9-2-3-9)16-11-6-4-10(14)5-7-11/h4-7,9,16H,2-3,8H2,1H3,(H2,15,17). The Balaban J connectivity index is 2.11. The first-order valence-electron chi connectivity index (χ1n) is 5.83. The number of rotatable bonds is 5. The Hall–Kier alpha value is -1.22. The highest BCUT2D eigenvalue weighted by molar-refractivity contribution is 6.30. The number of amides is 1. The minimum absolute atomic E-state index is 0.306. The smallest absolute Gasteiger partial charge is 0.242 e. The average molecular weight is 253 g/mol. The van der Waals surface area contributed by atoms with Crippen LogP contribution in [0.15, 0.2) is 24.3 Å². The molecule has 1 aliphatic carbocycles. The van der Waals surface area contributed by atoms with Crippen molar-refractivity contribution in [1.29, 1.82) is 0 Å². The number of nitrogens with two attached hydrogens (primary N) is 1. The van der Waals surface area contributed by atoms with Gasteiger partial charge in [-0.15, -0.1) is 0 Å². The van der Waals surface area contributed by atoms with Crippen LogP contribution in [0.3, 0.4) is 0 Å². The molecule has 1 amide bonds. The molecule has 0 heterocycles. The van der Waals surface area contributed by atoms with Crippen LogP contribution in [0.2, 0.25) is 5.02 Å². The fourth-order valence-electron chi connectivity index (χ4n) is 1.96. The van der Waals surface area contributed by atoms with Crippen LogP contribution < -0.4 is 11.1 Å². The zero-order valence-corrected chi connectivity index (χ0v) is 10.6. The first-order chi connectivity index (χ1) is 7.99. The van der Waals surface area contributed by atoms with Crippen LogP contribution >= 0.6 is 11.6 Å². The summed E-state index contributed by atoms with van der Waals surface area (Å²) >= 11 is 5.82. The first-order valence-corrected chi connectivity index (χ1v) is 6.21. The van der Waals surface area contributed by atoms with E-state index in [2.05, 4.69) is 5.32 Å². The van der Waals surface area contributed by atoms with Crippen molar-refractivity contribution in [3.63, 3.8) is 0 Å². The highest BCUT2D eigenvalue weighted by Crippen LogP contribution is 2.37. The van der Waals surface area contributed by atoms with E-state index < -0.39 is 5.54 Å². The lowest BCUT2D eigenvalue weighted by atomic mass is 9.93. The van der Waals surface area contributed by atoms with Gasteiger partial charge >= 0.3 is 0 Å². The summed E-state index contributed by atoms with van der Waals surface area (Å²) in [5.74, 6) is 0.326. The van der Waals surface area contributed by atoms with Gasteiger partial charge in [-0.2, -0.15) is 0 Å². The average Bonchev–Trinajstić information content (AvgIpc) is 3.05. The van der Waals surface area contributed by atoms with E-state index in [9.17, 15) is 4.79 Å². The van der Waals surface area contributed by atoms with Crippen LogP contribution in [-0.2, 0) is 4.79 Å². The van der Waals surface area contributed by atoms with Crippen molar-refractivity contribution < 1.29 is 4.79 Å². The Morgan fingerprint density at radius 3 is 2.53 bits per heavy atom. The predicted molar refractivity (Wildman–Crippen MR) is 70.0 cm³/mol. The lowest BCUT2D eigenvalue weighted by Gasteiger charge is -2.28. The molecule has 1 unspecified atom stereocenters. The molecule has 1 atom stereocenters. The van der Waals surface area contributed by atoms with Gasteiger partial charge in [0.1, 0.15) is 5.54 Å². The van der Waals surface area contributed by atoms with Gasteiger partial charge in [-0.25, -0.2) is 0 Å². The van der Waals surface area contributed by atoms with Gasteiger partial charge in [-0.05, 0) is 43.5 Å². The fourth-order valence-corrected chi connectivity index (χ4v) is 2.09. The summed E-state index contributed by atoms with van der Waals surface area (Å²) in [5, 5.41) is 3.90. The lowest BCUT2D eigenvalue weighted by Crippen LogP contribution is -2.48. The summed E-state index contributed by atoms with van der Waals surface area (Å²) in [6.45, 7) is 1.86. The highest BCUT2D eigenvalue weighted by Gasteiger charge is 2.37. The van der Waals surface area contributed by atoms with Gasteiger partial charge in [-0.3, -0.25) is 4.79 Å². The van der Waals surface area contributed by atoms with Crippen LogP contribution in [0.25, 0.3) is 0 Å². The third kappa shape index (κ3) is 3.13. The van der Waals surface area contributed by atoms with Crippen LogP contribution in [0, 0.1) is 5.92 Å². The van der Waals surface area contributed by atoms with Crippen molar-refractivity contribution in [2.45, 2.75) is 31.7 Å². The molecule has 0 radical (unpaired) electrons. The summed E-state index contributed by atoms with van der Waals surface area (Å²) in [7, 11) is 0. The van der Waals surface area contributed by atoms with Gasteiger partial charge in [0.25, 0.3) is 0 Å². The van der Waals surface area contributed by atoms with E-state index in [1.54, 1.807) is 12.1 Å². The topological polar surface area (TPSA) is 55.1 Å². The summed E-state index contributed by atoms with van der Waals surface area (Å²) < 4.78 is 0. The molecule has 0 saturated heterocycles. The monoisotopic (exact) mass is 252 g/mol. The summed E-state index contributed by atoms with van der Waals surface area (Å²) in [6, 6.07) is 7.30. The molecular weight excluding hydrogens is 236 g/mol. The molecule has 1 fully saturated rings. The fraction of sp³-hybridized carbons (Fsp3) is 0.462. The number of anilines is 1. The van der Waals surface area contributed by atoms with E-state index in [4.69, 9.17) is 17.3 Å². The zero-order valence-electron chi connectivity index (χ0n) is 9.87. The van der Waals surface area contributed by atoms with Crippen molar-refractivity contribution in [3.8, 4) is 0 Å². The van der Waals surface area contributed by atoms with Crippen LogP contribution in [0.1, 0.15) is 26.2 Å². The second kappa shape index (κ2) is 4.57. The molecule has 1 aromatic rings. The maximum absolute atomic E-state index is 11.6. The van der Waals surface area contributed by atoms with Crippen LogP contribution in [0.5, 0.6) is 0 Å². The summed E-state index contributed by atoms with van der Waals surface area (Å²) in [4.78, 5) is 11.6. The number of carbonyl (C=O) groups is 1.